The summed E-state index contributed by atoms with van der Waals surface area (Å²) in [6.07, 6.45) is 6.94. The lowest BCUT2D eigenvalue weighted by molar-refractivity contribution is -0.385. The van der Waals surface area contributed by atoms with Crippen molar-refractivity contribution in [2.24, 2.45) is 5.92 Å². The third kappa shape index (κ3) is 3.46. The molecule has 6 nitrogen and oxygen atoms in total. The van der Waals surface area contributed by atoms with Crippen molar-refractivity contribution in [3.8, 4) is 0 Å². The van der Waals surface area contributed by atoms with E-state index in [0.29, 0.717) is 11.9 Å². The molecule has 2 rings (SSSR count). The Bertz CT molecular complexity index is 403. The molecule has 1 unspecified atom stereocenters. The van der Waals surface area contributed by atoms with Crippen LogP contribution in [-0.4, -0.2) is 27.5 Å². The minimum Gasteiger partial charge on any atom is -0.313 e. The van der Waals surface area contributed by atoms with Gasteiger partial charge in [-0.25, -0.2) is 9.97 Å². The molecule has 0 amide bonds. The molecule has 18 heavy (non-hydrogen) atoms. The average Bonchev–Trinajstić information content (AvgIpc) is 3.19. The minimum atomic E-state index is -0.475. The molecule has 6 heteroatoms. The smallest absolute Gasteiger partial charge is 0.305 e. The number of hydrogen-bond donors (Lipinski definition) is 1. The van der Waals surface area contributed by atoms with Crippen LogP contribution < -0.4 is 5.32 Å². The Kier molecular flexibility index (Phi) is 4.19. The van der Waals surface area contributed by atoms with Crippen LogP contribution in [0.2, 0.25) is 0 Å². The van der Waals surface area contributed by atoms with Gasteiger partial charge >= 0.3 is 5.69 Å². The molecule has 0 bridgehead atoms. The van der Waals surface area contributed by atoms with E-state index in [9.17, 15) is 10.1 Å². The van der Waals surface area contributed by atoms with Gasteiger partial charge in [0.1, 0.15) is 18.2 Å². The zero-order valence-corrected chi connectivity index (χ0v) is 10.5. The van der Waals surface area contributed by atoms with Crippen molar-refractivity contribution in [2.75, 3.05) is 6.54 Å². The van der Waals surface area contributed by atoms with Gasteiger partial charge in [-0.3, -0.25) is 10.1 Å². The summed E-state index contributed by atoms with van der Waals surface area (Å²) in [6, 6.07) is 0.409. The highest BCUT2D eigenvalue weighted by Gasteiger charge is 2.31. The quantitative estimate of drug-likeness (QED) is 0.588. The molecule has 1 aromatic rings. The van der Waals surface area contributed by atoms with E-state index in [1.807, 2.05) is 0 Å². The maximum atomic E-state index is 10.5. The van der Waals surface area contributed by atoms with E-state index in [0.717, 1.165) is 25.3 Å². The number of nitrogens with zero attached hydrogens (tertiary/aromatic N) is 3. The van der Waals surface area contributed by atoms with Gasteiger partial charge in [0.2, 0.25) is 0 Å². The third-order valence-electron chi connectivity index (χ3n) is 3.15. The van der Waals surface area contributed by atoms with Gasteiger partial charge in [-0.05, 0) is 31.7 Å². The largest absolute Gasteiger partial charge is 0.313 e. The second-order valence-electron chi connectivity index (χ2n) is 4.72. The van der Waals surface area contributed by atoms with Gasteiger partial charge in [0.15, 0.2) is 0 Å². The molecule has 0 spiro atoms. The first kappa shape index (κ1) is 12.9. The minimum absolute atomic E-state index is 0.0526. The predicted molar refractivity (Wildman–Crippen MR) is 67.2 cm³/mol. The van der Waals surface area contributed by atoms with Crippen LogP contribution in [0.4, 0.5) is 5.69 Å². The fourth-order valence-corrected chi connectivity index (χ4v) is 1.98. The lowest BCUT2D eigenvalue weighted by Gasteiger charge is -2.16. The van der Waals surface area contributed by atoms with Gasteiger partial charge in [-0.2, -0.15) is 0 Å². The van der Waals surface area contributed by atoms with E-state index < -0.39 is 4.92 Å². The highest BCUT2D eigenvalue weighted by atomic mass is 16.6. The molecule has 1 heterocycles. The number of aromatic nitrogens is 2. The van der Waals surface area contributed by atoms with Crippen LogP contribution in [0.25, 0.3) is 0 Å². The summed E-state index contributed by atoms with van der Waals surface area (Å²) in [5, 5.41) is 14.0. The van der Waals surface area contributed by atoms with Crippen LogP contribution in [0.5, 0.6) is 0 Å². The van der Waals surface area contributed by atoms with Gasteiger partial charge < -0.3 is 5.32 Å². The summed E-state index contributed by atoms with van der Waals surface area (Å²) in [7, 11) is 0. The molecule has 1 saturated carbocycles. The number of nitro groups is 1. The number of hydrogen-bond acceptors (Lipinski definition) is 5. The van der Waals surface area contributed by atoms with Crippen molar-refractivity contribution < 1.29 is 4.92 Å². The van der Waals surface area contributed by atoms with Crippen molar-refractivity contribution in [1.29, 1.82) is 0 Å². The Morgan fingerprint density at radius 3 is 2.67 bits per heavy atom. The Morgan fingerprint density at radius 2 is 2.17 bits per heavy atom. The molecule has 1 aliphatic rings. The van der Waals surface area contributed by atoms with E-state index in [-0.39, 0.29) is 5.69 Å². The topological polar surface area (TPSA) is 81.0 Å². The highest BCUT2D eigenvalue weighted by molar-refractivity contribution is 5.21. The molecular formula is C12H18N4O2. The third-order valence-corrected chi connectivity index (χ3v) is 3.15. The summed E-state index contributed by atoms with van der Waals surface area (Å²) in [5.74, 6) is 1.40. The lowest BCUT2D eigenvalue weighted by Crippen LogP contribution is -2.34. The van der Waals surface area contributed by atoms with Crippen LogP contribution in [0.15, 0.2) is 12.4 Å². The fraction of sp³-hybridized carbons (Fsp3) is 0.667. The van der Waals surface area contributed by atoms with Crippen molar-refractivity contribution in [2.45, 2.75) is 38.6 Å². The zero-order chi connectivity index (χ0) is 13.0. The molecule has 1 atom stereocenters. The predicted octanol–water partition coefficient (Wildman–Crippen LogP) is 1.71. The number of nitrogens with one attached hydrogen (secondary N) is 1. The molecule has 1 aliphatic carbocycles. The van der Waals surface area contributed by atoms with Gasteiger partial charge in [-0.15, -0.1) is 0 Å². The Morgan fingerprint density at radius 1 is 1.50 bits per heavy atom. The van der Waals surface area contributed by atoms with Crippen LogP contribution in [0.3, 0.4) is 0 Å². The summed E-state index contributed by atoms with van der Waals surface area (Å²) in [5.41, 5.74) is -0.0526. The first-order chi connectivity index (χ1) is 8.70. The average molecular weight is 250 g/mol. The number of rotatable bonds is 7. The summed E-state index contributed by atoms with van der Waals surface area (Å²) in [6.45, 7) is 3.13. The molecule has 0 aromatic carbocycles. The molecule has 0 saturated heterocycles. The van der Waals surface area contributed by atoms with E-state index in [4.69, 9.17) is 0 Å². The molecule has 98 valence electrons. The van der Waals surface area contributed by atoms with Crippen LogP contribution in [0.1, 0.15) is 32.0 Å². The molecular weight excluding hydrogens is 232 g/mol. The first-order valence-electron chi connectivity index (χ1n) is 6.39. The van der Waals surface area contributed by atoms with E-state index in [2.05, 4.69) is 22.2 Å². The second kappa shape index (κ2) is 5.86. The Hall–Kier alpha value is -1.56. The highest BCUT2D eigenvalue weighted by Crippen LogP contribution is 2.33. The molecule has 1 N–H and O–H groups in total. The van der Waals surface area contributed by atoms with Crippen molar-refractivity contribution in [3.63, 3.8) is 0 Å². The second-order valence-corrected chi connectivity index (χ2v) is 4.72. The van der Waals surface area contributed by atoms with E-state index in [1.54, 1.807) is 0 Å². The van der Waals surface area contributed by atoms with Gasteiger partial charge in [0.05, 0.1) is 4.92 Å². The van der Waals surface area contributed by atoms with Gasteiger partial charge in [-0.1, -0.05) is 6.92 Å². The molecule has 0 radical (unpaired) electrons. The maximum Gasteiger partial charge on any atom is 0.305 e. The van der Waals surface area contributed by atoms with Gasteiger partial charge in [0, 0.05) is 12.5 Å². The standard InChI is InChI=1S/C12H18N4O2/c1-2-5-13-11(9-3-4-9)6-12-14-7-10(8-15-12)16(17)18/h7-9,11,13H,2-6H2,1H3. The van der Waals surface area contributed by atoms with E-state index >= 15 is 0 Å². The van der Waals surface area contributed by atoms with Crippen molar-refractivity contribution in [1.82, 2.24) is 15.3 Å². The lowest BCUT2D eigenvalue weighted by atomic mass is 10.1. The Labute approximate surface area is 106 Å². The molecule has 1 aromatic heterocycles. The van der Waals surface area contributed by atoms with Crippen molar-refractivity contribution in [3.05, 3.63) is 28.3 Å². The maximum absolute atomic E-state index is 10.5. The van der Waals surface area contributed by atoms with E-state index in [1.165, 1.54) is 25.2 Å². The van der Waals surface area contributed by atoms with Crippen LogP contribution >= 0.6 is 0 Å². The monoisotopic (exact) mass is 250 g/mol. The zero-order valence-electron chi connectivity index (χ0n) is 10.5. The summed E-state index contributed by atoms with van der Waals surface area (Å²) < 4.78 is 0. The molecule has 0 aliphatic heterocycles. The van der Waals surface area contributed by atoms with Gasteiger partial charge in [0.25, 0.3) is 0 Å². The fourth-order valence-electron chi connectivity index (χ4n) is 1.98. The Balaban J connectivity index is 1.95. The summed E-state index contributed by atoms with van der Waals surface area (Å²) in [4.78, 5) is 18.2. The van der Waals surface area contributed by atoms with Crippen molar-refractivity contribution >= 4 is 5.69 Å². The SMILES string of the molecule is CCCNC(Cc1ncc([N+](=O)[O-])cn1)C1CC1. The molecule has 1 fully saturated rings. The summed E-state index contributed by atoms with van der Waals surface area (Å²) >= 11 is 0. The normalized spacial score (nSPS) is 16.5. The van der Waals surface area contributed by atoms with Crippen LogP contribution in [-0.2, 0) is 6.42 Å². The first-order valence-corrected chi connectivity index (χ1v) is 6.39. The van der Waals surface area contributed by atoms with Crippen LogP contribution in [0, 0.1) is 16.0 Å².